The molecule has 1 amide bonds. The van der Waals surface area contributed by atoms with Crippen LogP contribution in [0.4, 0.5) is 23.7 Å². The van der Waals surface area contributed by atoms with Crippen LogP contribution in [0.2, 0.25) is 35.9 Å². The molecule has 6 rings (SSSR count). The van der Waals surface area contributed by atoms with E-state index in [0.29, 0.717) is 47.4 Å². The molecule has 0 spiro atoms. The van der Waals surface area contributed by atoms with Gasteiger partial charge in [0.05, 0.1) is 42.8 Å². The molecule has 0 unspecified atom stereocenters. The summed E-state index contributed by atoms with van der Waals surface area (Å²) in [5.41, 5.74) is 4.94. The lowest BCUT2D eigenvalue weighted by Gasteiger charge is -2.22. The number of carboxylic acid groups (broad SMARTS) is 1. The number of rotatable bonds is 9. The predicted molar refractivity (Wildman–Crippen MR) is 215 cm³/mol. The van der Waals surface area contributed by atoms with Gasteiger partial charge in [-0.2, -0.15) is 13.2 Å². The molecule has 2 N–H and O–H groups in total. The van der Waals surface area contributed by atoms with Crippen molar-refractivity contribution in [1.82, 2.24) is 34.1 Å². The van der Waals surface area contributed by atoms with E-state index < -0.39 is 32.4 Å². The first-order chi connectivity index (χ1) is 27.4. The van der Waals surface area contributed by atoms with Crippen molar-refractivity contribution in [2.24, 2.45) is 0 Å². The third-order valence-corrected chi connectivity index (χ3v) is 11.3. The first-order valence-corrected chi connectivity index (χ1v) is 22.8. The second-order valence-electron chi connectivity index (χ2n) is 14.7. The molecule has 58 heavy (non-hydrogen) atoms. The highest BCUT2D eigenvalue weighted by Crippen LogP contribution is 2.33. The Morgan fingerprint density at radius 3 is 2.40 bits per heavy atom. The van der Waals surface area contributed by atoms with Gasteiger partial charge in [-0.15, -0.1) is 5.10 Å². The molecule has 0 saturated carbocycles. The largest absolute Gasteiger partial charge is 0.490 e. The van der Waals surface area contributed by atoms with Gasteiger partial charge in [0.25, 0.3) is 5.56 Å². The third-order valence-electron chi connectivity index (χ3n) is 9.18. The lowest BCUT2D eigenvalue weighted by molar-refractivity contribution is -0.192. The summed E-state index contributed by atoms with van der Waals surface area (Å²) in [5, 5.41) is 18.6. The molecule has 1 atom stereocenters. The highest BCUT2D eigenvalue weighted by atomic mass is 35.5. The monoisotopic (exact) mass is 862 g/mol. The highest BCUT2D eigenvalue weighted by molar-refractivity contribution is 6.76. The number of nitrogens with one attached hydrogen (secondary N) is 1. The number of benzene rings is 2. The Morgan fingerprint density at radius 2 is 1.74 bits per heavy atom. The molecule has 310 valence electrons. The van der Waals surface area contributed by atoms with E-state index in [9.17, 15) is 22.8 Å². The van der Waals surface area contributed by atoms with E-state index >= 15 is 0 Å². The second kappa shape index (κ2) is 19.1. The molecule has 3 aromatic heterocycles. The number of aromatic nitrogens is 7. The van der Waals surface area contributed by atoms with Crippen molar-refractivity contribution in [2.45, 2.75) is 83.2 Å². The van der Waals surface area contributed by atoms with Gasteiger partial charge in [0.1, 0.15) is 12.6 Å². The first-order valence-electron chi connectivity index (χ1n) is 18.3. The van der Waals surface area contributed by atoms with Crippen LogP contribution in [-0.4, -0.2) is 79.2 Å². The van der Waals surface area contributed by atoms with Crippen LogP contribution in [0, 0.1) is 0 Å². The van der Waals surface area contributed by atoms with Crippen LogP contribution < -0.4 is 10.9 Å². The van der Waals surface area contributed by atoms with Crippen LogP contribution in [0.3, 0.4) is 0 Å². The van der Waals surface area contributed by atoms with Crippen LogP contribution in [0.1, 0.15) is 49.5 Å². The number of carbonyl (C=O) groups excluding carboxylic acids is 1. The average molecular weight is 864 g/mol. The van der Waals surface area contributed by atoms with Gasteiger partial charge < -0.3 is 19.1 Å². The third kappa shape index (κ3) is 11.8. The van der Waals surface area contributed by atoms with Crippen molar-refractivity contribution in [2.75, 3.05) is 19.0 Å². The number of ether oxygens (including phenoxy) is 2. The van der Waals surface area contributed by atoms with Crippen LogP contribution in [0.5, 0.6) is 0 Å². The molecule has 1 aliphatic rings. The number of carboxylic acids is 1. The van der Waals surface area contributed by atoms with Crippen molar-refractivity contribution in [3.05, 3.63) is 93.1 Å². The number of hydrogen-bond acceptors (Lipinski definition) is 9. The smallest absolute Gasteiger partial charge is 0.475 e. The molecular formula is C38H43Cl2F3N8O6Si. The minimum atomic E-state index is -5.08. The van der Waals surface area contributed by atoms with Crippen LogP contribution >= 0.6 is 23.2 Å². The standard InChI is InChI=1S/C36H42Cl2N8O4Si.C2HF3O2/c1-49-36(48)40-26-12-13-27-24(17-26)9-7-5-6-8-10-32(35-41-30(27)20-44(35)23-50-15-16-51(2,3)4)45-22-39-29(19-34(45)47)28-18-25(37)11-14-31(28)46-21-33(38)42-43-46;3-2(4,5)1(6)7/h11-14,17-22,32H,5-10,15-16,23H2,1-4H3,(H,40,48);(H,6,7)/t32-;/m0./s1. The number of aliphatic carboxylic acids is 1. The number of alkyl halides is 3. The Balaban J connectivity index is 0.000000839. The number of fused-ring (bicyclic) bond motifs is 4. The molecule has 1 aliphatic heterocycles. The minimum absolute atomic E-state index is 0.227. The highest BCUT2D eigenvalue weighted by Gasteiger charge is 2.38. The van der Waals surface area contributed by atoms with Crippen LogP contribution in [0.25, 0.3) is 28.2 Å². The van der Waals surface area contributed by atoms with E-state index in [2.05, 4.69) is 35.3 Å². The van der Waals surface area contributed by atoms with E-state index in [1.54, 1.807) is 35.3 Å². The fourth-order valence-electron chi connectivity index (χ4n) is 6.23. The molecule has 5 aromatic rings. The summed E-state index contributed by atoms with van der Waals surface area (Å²) in [7, 11) is 0.0356. The first kappa shape index (κ1) is 44.1. The summed E-state index contributed by atoms with van der Waals surface area (Å²) in [4.78, 5) is 45.0. The summed E-state index contributed by atoms with van der Waals surface area (Å²) < 4.78 is 48.0. The fraction of sp³-hybridized carbons (Fsp3) is 0.395. The number of imidazole rings is 1. The molecule has 14 nitrogen and oxygen atoms in total. The molecule has 2 aromatic carbocycles. The predicted octanol–water partition coefficient (Wildman–Crippen LogP) is 8.88. The molecule has 0 fully saturated rings. The maximum Gasteiger partial charge on any atom is 0.490 e. The van der Waals surface area contributed by atoms with Gasteiger partial charge in [0.15, 0.2) is 5.15 Å². The molecule has 4 heterocycles. The SMILES string of the molecule is COC(=O)Nc1ccc2c(c1)CCCCCC[C@H](n1cnc(-c3cc(Cl)ccc3-n3cc(Cl)nn3)cc1=O)c1nc-2cn1COCC[Si](C)(C)C.O=C(O)C(F)(F)F. The Hall–Kier alpha value is -5.04. The van der Waals surface area contributed by atoms with Crippen molar-refractivity contribution >= 4 is 49.0 Å². The van der Waals surface area contributed by atoms with Gasteiger partial charge in [-0.1, -0.05) is 73.4 Å². The van der Waals surface area contributed by atoms with E-state index in [1.165, 1.54) is 17.9 Å². The maximum atomic E-state index is 14.1. The normalized spacial score (nSPS) is 14.6. The summed E-state index contributed by atoms with van der Waals surface area (Å²) in [6.07, 6.45) is 4.98. The molecule has 2 bridgehead atoms. The number of carbonyl (C=O) groups is 2. The second-order valence-corrected chi connectivity index (χ2v) is 21.2. The van der Waals surface area contributed by atoms with Crippen LogP contribution in [0.15, 0.2) is 66.0 Å². The van der Waals surface area contributed by atoms with Crippen molar-refractivity contribution in [3.8, 4) is 28.2 Å². The Bertz CT molecular complexity index is 2290. The summed E-state index contributed by atoms with van der Waals surface area (Å²) in [5.74, 6) is -2.04. The van der Waals surface area contributed by atoms with E-state index in [-0.39, 0.29) is 10.7 Å². The summed E-state index contributed by atoms with van der Waals surface area (Å²) in [6, 6.07) is 13.2. The van der Waals surface area contributed by atoms with E-state index in [4.69, 9.17) is 52.5 Å². The summed E-state index contributed by atoms with van der Waals surface area (Å²) >= 11 is 12.5. The zero-order chi connectivity index (χ0) is 42.2. The number of methoxy groups -OCH3 is 1. The van der Waals surface area contributed by atoms with Gasteiger partial charge in [0.2, 0.25) is 0 Å². The zero-order valence-electron chi connectivity index (χ0n) is 32.2. The molecule has 20 heteroatoms. The van der Waals surface area contributed by atoms with E-state index in [1.807, 2.05) is 29.0 Å². The van der Waals surface area contributed by atoms with Crippen molar-refractivity contribution in [3.63, 3.8) is 0 Å². The molecule has 0 aliphatic carbocycles. The van der Waals surface area contributed by atoms with Crippen molar-refractivity contribution < 1.29 is 37.3 Å². The van der Waals surface area contributed by atoms with Gasteiger partial charge in [-0.25, -0.2) is 24.2 Å². The average Bonchev–Trinajstić information content (AvgIpc) is 3.78. The quantitative estimate of drug-likeness (QED) is 0.108. The number of halogens is 5. The number of anilines is 1. The van der Waals surface area contributed by atoms with Gasteiger partial charge in [0, 0.05) is 48.8 Å². The summed E-state index contributed by atoms with van der Waals surface area (Å²) in [6.45, 7) is 7.91. The number of aryl methyl sites for hydroxylation is 1. The lowest BCUT2D eigenvalue weighted by atomic mass is 9.97. The maximum absolute atomic E-state index is 14.1. The van der Waals surface area contributed by atoms with Gasteiger partial charge in [-0.05, 0) is 61.2 Å². The molecular weight excluding hydrogens is 820 g/mol. The lowest BCUT2D eigenvalue weighted by Crippen LogP contribution is -2.28. The van der Waals surface area contributed by atoms with Gasteiger partial charge in [-0.3, -0.25) is 14.7 Å². The van der Waals surface area contributed by atoms with Gasteiger partial charge >= 0.3 is 18.2 Å². The minimum Gasteiger partial charge on any atom is -0.475 e. The topological polar surface area (TPSA) is 168 Å². The Kier molecular flexibility index (Phi) is 14.5. The molecule has 0 radical (unpaired) electrons. The Labute approximate surface area is 342 Å². The number of nitrogens with zero attached hydrogens (tertiary/aromatic N) is 7. The Morgan fingerprint density at radius 1 is 1.00 bits per heavy atom. The fourth-order valence-corrected chi connectivity index (χ4v) is 7.29. The number of hydrogen-bond donors (Lipinski definition) is 2. The van der Waals surface area contributed by atoms with Crippen molar-refractivity contribution in [1.29, 1.82) is 0 Å². The number of amides is 1. The molecule has 0 saturated heterocycles. The van der Waals surface area contributed by atoms with Crippen LogP contribution in [-0.2, 0) is 27.4 Å². The zero-order valence-corrected chi connectivity index (χ0v) is 34.7. The van der Waals surface area contributed by atoms with E-state index in [0.717, 1.165) is 60.8 Å².